The van der Waals surface area contributed by atoms with Crippen LogP contribution in [0.15, 0.2) is 12.7 Å². The molecule has 1 amide bonds. The van der Waals surface area contributed by atoms with E-state index < -0.39 is 6.09 Å². The Morgan fingerprint density at radius 2 is 2.00 bits per heavy atom. The summed E-state index contributed by atoms with van der Waals surface area (Å²) in [6.45, 7) is 5.67. The Hall–Kier alpha value is -1.03. The third-order valence-corrected chi connectivity index (χ3v) is 4.42. The lowest BCUT2D eigenvalue weighted by molar-refractivity contribution is 0.117. The Morgan fingerprint density at radius 3 is 2.60 bits per heavy atom. The first-order valence-corrected chi connectivity index (χ1v) is 7.92. The number of hydrogen-bond donors (Lipinski definition) is 2. The molecule has 0 aromatic carbocycles. The predicted octanol–water partition coefficient (Wildman–Crippen LogP) is 3.49. The van der Waals surface area contributed by atoms with E-state index in [0.717, 1.165) is 31.8 Å². The highest BCUT2D eigenvalue weighted by Crippen LogP contribution is 2.30. The molecule has 0 bridgehead atoms. The van der Waals surface area contributed by atoms with Crippen molar-refractivity contribution in [1.29, 1.82) is 0 Å². The molecule has 1 saturated carbocycles. The number of rotatable bonds is 9. The van der Waals surface area contributed by atoms with E-state index in [1.165, 1.54) is 43.4 Å². The molecule has 116 valence electrons. The number of unbranched alkanes of at least 4 members (excludes halogenated alkanes) is 2. The number of amides is 1. The van der Waals surface area contributed by atoms with Crippen molar-refractivity contribution in [1.82, 2.24) is 10.2 Å². The summed E-state index contributed by atoms with van der Waals surface area (Å²) in [5.74, 6) is 0.814. The molecule has 0 radical (unpaired) electrons. The fraction of sp³-hybridized carbons (Fsp3) is 0.812. The van der Waals surface area contributed by atoms with Gasteiger partial charge in [-0.3, -0.25) is 0 Å². The standard InChI is InChI=1S/C16H30N2O2/c1-3-12-17-13-6-4-5-7-14-8-10-15(11-9-14)18(2)16(19)20/h3,14-15,17H,1,4-13H2,2H3,(H,19,20). The highest BCUT2D eigenvalue weighted by Gasteiger charge is 2.25. The lowest BCUT2D eigenvalue weighted by atomic mass is 9.82. The monoisotopic (exact) mass is 282 g/mol. The van der Waals surface area contributed by atoms with E-state index >= 15 is 0 Å². The van der Waals surface area contributed by atoms with E-state index in [1.54, 1.807) is 7.05 Å². The van der Waals surface area contributed by atoms with E-state index in [0.29, 0.717) is 0 Å². The third-order valence-electron chi connectivity index (χ3n) is 4.42. The first-order valence-electron chi connectivity index (χ1n) is 7.92. The van der Waals surface area contributed by atoms with Gasteiger partial charge in [0.1, 0.15) is 0 Å². The zero-order valence-electron chi connectivity index (χ0n) is 12.8. The first kappa shape index (κ1) is 17.0. The van der Waals surface area contributed by atoms with Gasteiger partial charge in [-0.25, -0.2) is 4.79 Å². The highest BCUT2D eigenvalue weighted by molar-refractivity contribution is 5.64. The number of carbonyl (C=O) groups is 1. The normalized spacial score (nSPS) is 22.4. The number of nitrogens with one attached hydrogen (secondary N) is 1. The summed E-state index contributed by atoms with van der Waals surface area (Å²) in [5, 5.41) is 12.3. The van der Waals surface area contributed by atoms with Gasteiger partial charge in [-0.15, -0.1) is 6.58 Å². The van der Waals surface area contributed by atoms with E-state index in [9.17, 15) is 4.79 Å². The Balaban J connectivity index is 2.02. The molecule has 2 N–H and O–H groups in total. The van der Waals surface area contributed by atoms with Crippen LogP contribution in [0.25, 0.3) is 0 Å². The average molecular weight is 282 g/mol. The molecule has 0 aliphatic heterocycles. The lowest BCUT2D eigenvalue weighted by Crippen LogP contribution is -2.38. The number of hydrogen-bond acceptors (Lipinski definition) is 2. The average Bonchev–Trinajstić information content (AvgIpc) is 2.46. The Bertz CT molecular complexity index is 286. The van der Waals surface area contributed by atoms with Gasteiger partial charge in [-0.2, -0.15) is 0 Å². The fourth-order valence-electron chi connectivity index (χ4n) is 3.04. The Morgan fingerprint density at radius 1 is 1.30 bits per heavy atom. The van der Waals surface area contributed by atoms with Gasteiger partial charge in [0.15, 0.2) is 0 Å². The first-order chi connectivity index (χ1) is 9.65. The lowest BCUT2D eigenvalue weighted by Gasteiger charge is -2.33. The molecule has 4 nitrogen and oxygen atoms in total. The summed E-state index contributed by atoms with van der Waals surface area (Å²) < 4.78 is 0. The van der Waals surface area contributed by atoms with Crippen LogP contribution in [0.5, 0.6) is 0 Å². The maximum Gasteiger partial charge on any atom is 0.407 e. The molecular weight excluding hydrogens is 252 g/mol. The smallest absolute Gasteiger partial charge is 0.407 e. The van der Waals surface area contributed by atoms with Crippen molar-refractivity contribution in [3.05, 3.63) is 12.7 Å². The van der Waals surface area contributed by atoms with Gasteiger partial charge in [0.2, 0.25) is 0 Å². The highest BCUT2D eigenvalue weighted by atomic mass is 16.4. The van der Waals surface area contributed by atoms with E-state index in [1.807, 2.05) is 6.08 Å². The molecule has 0 unspecified atom stereocenters. The Kier molecular flexibility index (Phi) is 8.35. The van der Waals surface area contributed by atoms with E-state index in [4.69, 9.17) is 5.11 Å². The molecule has 4 heteroatoms. The molecular formula is C16H30N2O2. The van der Waals surface area contributed by atoms with Crippen molar-refractivity contribution >= 4 is 6.09 Å². The van der Waals surface area contributed by atoms with Crippen molar-refractivity contribution in [3.8, 4) is 0 Å². The van der Waals surface area contributed by atoms with Gasteiger partial charge in [-0.05, 0) is 44.6 Å². The quantitative estimate of drug-likeness (QED) is 0.503. The van der Waals surface area contributed by atoms with Crippen LogP contribution >= 0.6 is 0 Å². The van der Waals surface area contributed by atoms with Crippen molar-refractivity contribution in [2.45, 2.75) is 57.4 Å². The van der Waals surface area contributed by atoms with Gasteiger partial charge in [0.25, 0.3) is 0 Å². The van der Waals surface area contributed by atoms with Crippen LogP contribution in [0.3, 0.4) is 0 Å². The molecule has 1 rings (SSSR count). The minimum atomic E-state index is -0.791. The molecule has 1 aliphatic carbocycles. The third kappa shape index (κ3) is 6.42. The van der Waals surface area contributed by atoms with Crippen LogP contribution < -0.4 is 5.32 Å². The minimum Gasteiger partial charge on any atom is -0.465 e. The zero-order chi connectivity index (χ0) is 14.8. The summed E-state index contributed by atoms with van der Waals surface area (Å²) in [6, 6.07) is 0.242. The summed E-state index contributed by atoms with van der Waals surface area (Å²) >= 11 is 0. The van der Waals surface area contributed by atoms with Crippen LogP contribution in [-0.2, 0) is 0 Å². The van der Waals surface area contributed by atoms with Gasteiger partial charge in [0.05, 0.1) is 0 Å². The van der Waals surface area contributed by atoms with Gasteiger partial charge in [0, 0.05) is 19.6 Å². The summed E-state index contributed by atoms with van der Waals surface area (Å²) in [4.78, 5) is 12.4. The minimum absolute atomic E-state index is 0.242. The second kappa shape index (κ2) is 9.81. The Labute approximate surface area is 123 Å². The molecule has 0 spiro atoms. The van der Waals surface area contributed by atoms with Gasteiger partial charge < -0.3 is 15.3 Å². The van der Waals surface area contributed by atoms with Gasteiger partial charge in [-0.1, -0.05) is 25.3 Å². The number of nitrogens with zero attached hydrogens (tertiary/aromatic N) is 1. The van der Waals surface area contributed by atoms with Crippen molar-refractivity contribution in [3.63, 3.8) is 0 Å². The van der Waals surface area contributed by atoms with Crippen molar-refractivity contribution < 1.29 is 9.90 Å². The van der Waals surface area contributed by atoms with Crippen LogP contribution in [0.1, 0.15) is 51.4 Å². The second-order valence-electron chi connectivity index (χ2n) is 5.91. The SMILES string of the molecule is C=CCNCCCCCC1CCC(N(C)C(=O)O)CC1. The predicted molar refractivity (Wildman–Crippen MR) is 83.1 cm³/mol. The van der Waals surface area contributed by atoms with Crippen molar-refractivity contribution in [2.75, 3.05) is 20.1 Å². The molecule has 0 saturated heterocycles. The molecule has 0 aromatic rings. The molecule has 0 aromatic heterocycles. The van der Waals surface area contributed by atoms with Crippen LogP contribution in [0, 0.1) is 5.92 Å². The van der Waals surface area contributed by atoms with Crippen molar-refractivity contribution in [2.24, 2.45) is 5.92 Å². The fourth-order valence-corrected chi connectivity index (χ4v) is 3.04. The largest absolute Gasteiger partial charge is 0.465 e. The molecule has 0 heterocycles. The summed E-state index contributed by atoms with van der Waals surface area (Å²) in [7, 11) is 1.70. The maximum absolute atomic E-state index is 10.9. The molecule has 0 atom stereocenters. The van der Waals surface area contributed by atoms with E-state index in [-0.39, 0.29) is 6.04 Å². The molecule has 1 aliphatic rings. The molecule has 20 heavy (non-hydrogen) atoms. The maximum atomic E-state index is 10.9. The van der Waals surface area contributed by atoms with Crippen LogP contribution in [0.2, 0.25) is 0 Å². The second-order valence-corrected chi connectivity index (χ2v) is 5.91. The zero-order valence-corrected chi connectivity index (χ0v) is 12.8. The number of carboxylic acid groups (broad SMARTS) is 1. The topological polar surface area (TPSA) is 52.6 Å². The van der Waals surface area contributed by atoms with Crippen LogP contribution in [-0.4, -0.2) is 42.3 Å². The van der Waals surface area contributed by atoms with Crippen LogP contribution in [0.4, 0.5) is 4.79 Å². The molecule has 1 fully saturated rings. The summed E-state index contributed by atoms with van der Waals surface area (Å²) in [5.41, 5.74) is 0. The van der Waals surface area contributed by atoms with E-state index in [2.05, 4.69) is 11.9 Å². The summed E-state index contributed by atoms with van der Waals surface area (Å²) in [6.07, 6.45) is 10.7. The van der Waals surface area contributed by atoms with Gasteiger partial charge >= 0.3 is 6.09 Å².